The van der Waals surface area contributed by atoms with Gasteiger partial charge < -0.3 is 10.5 Å². The largest absolute Gasteiger partial charge is 0.439 e. The van der Waals surface area contributed by atoms with Gasteiger partial charge in [0.25, 0.3) is 0 Å². The lowest BCUT2D eigenvalue weighted by atomic mass is 10.0. The van der Waals surface area contributed by atoms with Crippen LogP contribution in [0.3, 0.4) is 0 Å². The predicted molar refractivity (Wildman–Crippen MR) is 82.5 cm³/mol. The van der Waals surface area contributed by atoms with Gasteiger partial charge in [-0.05, 0) is 42.2 Å². The van der Waals surface area contributed by atoms with Gasteiger partial charge in [-0.15, -0.1) is 0 Å². The number of nitrogens with zero attached hydrogens (tertiary/aromatic N) is 1. The Morgan fingerprint density at radius 2 is 2.05 bits per heavy atom. The third kappa shape index (κ3) is 3.30. The van der Waals surface area contributed by atoms with Crippen molar-refractivity contribution < 1.29 is 4.74 Å². The van der Waals surface area contributed by atoms with E-state index in [1.165, 1.54) is 0 Å². The van der Waals surface area contributed by atoms with Crippen LogP contribution in [0.25, 0.3) is 0 Å². The maximum atomic E-state index is 6.26. The molecule has 0 fully saturated rings. The standard InChI is InChI=1S/C16H19ClN2O/c1-10(2)13-8-15(11(3)7-14(13)17)20-16-6-4-5-12(9-18)19-16/h4-8,10H,9,18H2,1-3H3. The molecule has 2 aromatic rings. The summed E-state index contributed by atoms with van der Waals surface area (Å²) < 4.78 is 5.87. The molecule has 20 heavy (non-hydrogen) atoms. The van der Waals surface area contributed by atoms with Crippen LogP contribution in [0.5, 0.6) is 11.6 Å². The molecule has 2 N–H and O–H groups in total. The summed E-state index contributed by atoms with van der Waals surface area (Å²) in [6.45, 7) is 6.58. The third-order valence-electron chi connectivity index (χ3n) is 3.12. The highest BCUT2D eigenvalue weighted by molar-refractivity contribution is 6.31. The minimum atomic E-state index is 0.341. The van der Waals surface area contributed by atoms with Gasteiger partial charge in [0, 0.05) is 17.6 Å². The zero-order chi connectivity index (χ0) is 14.7. The van der Waals surface area contributed by atoms with Crippen LogP contribution in [-0.2, 0) is 6.54 Å². The van der Waals surface area contributed by atoms with Gasteiger partial charge >= 0.3 is 0 Å². The SMILES string of the molecule is Cc1cc(Cl)c(C(C)C)cc1Oc1cccc(CN)n1. The molecule has 0 aliphatic rings. The van der Waals surface area contributed by atoms with E-state index in [-0.39, 0.29) is 0 Å². The number of benzene rings is 1. The first-order valence-electron chi connectivity index (χ1n) is 6.65. The fourth-order valence-corrected chi connectivity index (χ4v) is 2.40. The van der Waals surface area contributed by atoms with Crippen molar-refractivity contribution in [3.63, 3.8) is 0 Å². The molecule has 0 aliphatic heterocycles. The fourth-order valence-electron chi connectivity index (χ4n) is 1.96. The summed E-state index contributed by atoms with van der Waals surface area (Å²) in [7, 11) is 0. The van der Waals surface area contributed by atoms with Gasteiger partial charge in [-0.2, -0.15) is 0 Å². The van der Waals surface area contributed by atoms with Crippen LogP contribution >= 0.6 is 11.6 Å². The molecule has 3 nitrogen and oxygen atoms in total. The molecule has 1 aromatic carbocycles. The predicted octanol–water partition coefficient (Wildman–Crippen LogP) is 4.42. The van der Waals surface area contributed by atoms with Crippen molar-refractivity contribution in [1.29, 1.82) is 0 Å². The molecule has 0 radical (unpaired) electrons. The molecule has 106 valence electrons. The molecule has 0 spiro atoms. The fraction of sp³-hybridized carbons (Fsp3) is 0.312. The summed E-state index contributed by atoms with van der Waals surface area (Å²) in [4.78, 5) is 4.34. The number of pyridine rings is 1. The number of aryl methyl sites for hydroxylation is 1. The van der Waals surface area contributed by atoms with E-state index in [1.807, 2.05) is 37.3 Å². The topological polar surface area (TPSA) is 48.1 Å². The van der Waals surface area contributed by atoms with Crippen LogP contribution in [0.1, 0.15) is 36.6 Å². The van der Waals surface area contributed by atoms with Crippen LogP contribution in [-0.4, -0.2) is 4.98 Å². The van der Waals surface area contributed by atoms with E-state index < -0.39 is 0 Å². The monoisotopic (exact) mass is 290 g/mol. The van der Waals surface area contributed by atoms with Crippen LogP contribution in [0.15, 0.2) is 30.3 Å². The Balaban J connectivity index is 2.35. The molecule has 2 rings (SSSR count). The molecule has 0 unspecified atom stereocenters. The maximum Gasteiger partial charge on any atom is 0.219 e. The second-order valence-corrected chi connectivity index (χ2v) is 5.47. The number of rotatable bonds is 4. The van der Waals surface area contributed by atoms with Crippen molar-refractivity contribution in [3.05, 3.63) is 52.2 Å². The van der Waals surface area contributed by atoms with E-state index in [1.54, 1.807) is 0 Å². The summed E-state index contributed by atoms with van der Waals surface area (Å²) in [5.74, 6) is 1.67. The smallest absolute Gasteiger partial charge is 0.219 e. The maximum absolute atomic E-state index is 6.26. The highest BCUT2D eigenvalue weighted by Gasteiger charge is 2.11. The number of nitrogens with two attached hydrogens (primary N) is 1. The number of ether oxygens (including phenoxy) is 1. The zero-order valence-electron chi connectivity index (χ0n) is 12.0. The van der Waals surface area contributed by atoms with Gasteiger partial charge in [0.1, 0.15) is 5.75 Å². The molecular weight excluding hydrogens is 272 g/mol. The summed E-state index contributed by atoms with van der Waals surface area (Å²) in [6.07, 6.45) is 0. The second kappa shape index (κ2) is 6.25. The molecular formula is C16H19ClN2O. The highest BCUT2D eigenvalue weighted by Crippen LogP contribution is 2.33. The van der Waals surface area contributed by atoms with E-state index >= 15 is 0 Å². The summed E-state index contributed by atoms with van der Waals surface area (Å²) >= 11 is 6.26. The molecule has 1 heterocycles. The molecule has 0 saturated heterocycles. The lowest BCUT2D eigenvalue weighted by Crippen LogP contribution is -2.01. The number of aromatic nitrogens is 1. The van der Waals surface area contributed by atoms with Crippen molar-refractivity contribution in [1.82, 2.24) is 4.98 Å². The van der Waals surface area contributed by atoms with Gasteiger partial charge in [-0.25, -0.2) is 4.98 Å². The van der Waals surface area contributed by atoms with Crippen molar-refractivity contribution in [2.75, 3.05) is 0 Å². The molecule has 0 atom stereocenters. The van der Waals surface area contributed by atoms with Gasteiger partial charge in [0.05, 0.1) is 5.69 Å². The Kier molecular flexibility index (Phi) is 4.63. The van der Waals surface area contributed by atoms with E-state index in [2.05, 4.69) is 18.8 Å². The van der Waals surface area contributed by atoms with Gasteiger partial charge in [0.2, 0.25) is 5.88 Å². The Hall–Kier alpha value is -1.58. The van der Waals surface area contributed by atoms with Crippen LogP contribution in [0.2, 0.25) is 5.02 Å². The number of hydrogen-bond acceptors (Lipinski definition) is 3. The molecule has 0 aliphatic carbocycles. The summed E-state index contributed by atoms with van der Waals surface area (Å²) in [6, 6.07) is 9.50. The van der Waals surface area contributed by atoms with Crippen molar-refractivity contribution >= 4 is 11.6 Å². The minimum absolute atomic E-state index is 0.341. The number of hydrogen-bond donors (Lipinski definition) is 1. The first-order valence-corrected chi connectivity index (χ1v) is 7.03. The first-order chi connectivity index (χ1) is 9.51. The van der Waals surface area contributed by atoms with Gasteiger partial charge in [0.15, 0.2) is 0 Å². The lowest BCUT2D eigenvalue weighted by Gasteiger charge is -2.14. The lowest BCUT2D eigenvalue weighted by molar-refractivity contribution is 0.456. The molecule has 0 bridgehead atoms. The van der Waals surface area contributed by atoms with E-state index in [4.69, 9.17) is 22.1 Å². The van der Waals surface area contributed by atoms with Gasteiger partial charge in [-0.1, -0.05) is 31.5 Å². The normalized spacial score (nSPS) is 10.9. The summed E-state index contributed by atoms with van der Waals surface area (Å²) in [5, 5.41) is 0.772. The minimum Gasteiger partial charge on any atom is -0.439 e. The molecule has 0 saturated carbocycles. The quantitative estimate of drug-likeness (QED) is 0.907. The van der Waals surface area contributed by atoms with Crippen molar-refractivity contribution in [2.24, 2.45) is 5.73 Å². The highest BCUT2D eigenvalue weighted by atomic mass is 35.5. The van der Waals surface area contributed by atoms with E-state index in [0.29, 0.717) is 18.3 Å². The third-order valence-corrected chi connectivity index (χ3v) is 3.45. The van der Waals surface area contributed by atoms with Crippen molar-refractivity contribution in [2.45, 2.75) is 33.2 Å². The van der Waals surface area contributed by atoms with Gasteiger partial charge in [-0.3, -0.25) is 0 Å². The molecule has 4 heteroatoms. The molecule has 0 amide bonds. The van der Waals surface area contributed by atoms with Crippen LogP contribution in [0, 0.1) is 6.92 Å². The van der Waals surface area contributed by atoms with E-state index in [9.17, 15) is 0 Å². The molecule has 1 aromatic heterocycles. The Morgan fingerprint density at radius 1 is 1.30 bits per heavy atom. The zero-order valence-corrected chi connectivity index (χ0v) is 12.7. The number of halogens is 1. The van der Waals surface area contributed by atoms with Crippen molar-refractivity contribution in [3.8, 4) is 11.6 Å². The second-order valence-electron chi connectivity index (χ2n) is 5.07. The average Bonchev–Trinajstić information content (AvgIpc) is 2.41. The summed E-state index contributed by atoms with van der Waals surface area (Å²) in [5.41, 5.74) is 8.45. The van der Waals surface area contributed by atoms with E-state index in [0.717, 1.165) is 27.6 Å². The Morgan fingerprint density at radius 3 is 2.70 bits per heavy atom. The van der Waals surface area contributed by atoms with Crippen LogP contribution in [0.4, 0.5) is 0 Å². The first kappa shape index (κ1) is 14.8. The Bertz CT molecular complexity index is 611. The average molecular weight is 291 g/mol. The Labute approximate surface area is 124 Å². The van der Waals surface area contributed by atoms with Crippen LogP contribution < -0.4 is 10.5 Å².